The molecule has 0 saturated heterocycles. The number of rotatable bonds is 6. The van der Waals surface area contributed by atoms with Gasteiger partial charge in [0.2, 0.25) is 0 Å². The van der Waals surface area contributed by atoms with Gasteiger partial charge >= 0.3 is 0 Å². The Bertz CT molecular complexity index is 624. The predicted molar refractivity (Wildman–Crippen MR) is 105 cm³/mol. The van der Waals surface area contributed by atoms with E-state index in [-0.39, 0.29) is 0 Å². The van der Waals surface area contributed by atoms with Crippen molar-refractivity contribution >= 4 is 17.4 Å². The molecular formula is C22H30S. The van der Waals surface area contributed by atoms with Crippen LogP contribution < -0.4 is 0 Å². The van der Waals surface area contributed by atoms with Crippen LogP contribution in [0.4, 0.5) is 0 Å². The third-order valence-electron chi connectivity index (χ3n) is 3.91. The third kappa shape index (κ3) is 6.74. The summed E-state index contributed by atoms with van der Waals surface area (Å²) in [4.78, 5) is 1.48. The van der Waals surface area contributed by atoms with Crippen molar-refractivity contribution in [3.63, 3.8) is 0 Å². The molecule has 0 atom stereocenters. The number of hydrogen-bond donors (Lipinski definition) is 0. The first kappa shape index (κ1) is 18.0. The molecule has 0 fully saturated rings. The second kappa shape index (κ2) is 7.49. The summed E-state index contributed by atoms with van der Waals surface area (Å²) in [6, 6.07) is 13.4. The van der Waals surface area contributed by atoms with E-state index >= 15 is 0 Å². The Labute approximate surface area is 146 Å². The van der Waals surface area contributed by atoms with E-state index in [1.165, 1.54) is 16.0 Å². The molecule has 0 amide bonds. The molecule has 0 radical (unpaired) electrons. The SMILES string of the molecule is CC(C)(C)C/C=C/c1cccc(CC(C)(C)Cc2cccs2)c1. The van der Waals surface area contributed by atoms with Gasteiger partial charge < -0.3 is 0 Å². The van der Waals surface area contributed by atoms with Crippen molar-refractivity contribution in [1.29, 1.82) is 0 Å². The summed E-state index contributed by atoms with van der Waals surface area (Å²) < 4.78 is 0. The van der Waals surface area contributed by atoms with E-state index in [4.69, 9.17) is 0 Å². The smallest absolute Gasteiger partial charge is 0.00506 e. The van der Waals surface area contributed by atoms with Crippen molar-refractivity contribution in [3.8, 4) is 0 Å². The number of hydrogen-bond acceptors (Lipinski definition) is 1. The van der Waals surface area contributed by atoms with Crippen molar-refractivity contribution in [3.05, 3.63) is 63.9 Å². The Kier molecular flexibility index (Phi) is 5.86. The van der Waals surface area contributed by atoms with E-state index in [1.807, 2.05) is 11.3 Å². The molecule has 0 saturated carbocycles. The Morgan fingerprint density at radius 3 is 2.39 bits per heavy atom. The maximum Gasteiger partial charge on any atom is 0.00506 e. The Balaban J connectivity index is 2.01. The second-order valence-electron chi connectivity index (χ2n) is 8.51. The minimum atomic E-state index is 0.290. The molecule has 0 aliphatic rings. The van der Waals surface area contributed by atoms with Crippen LogP contribution in [0.5, 0.6) is 0 Å². The molecule has 1 aromatic carbocycles. The zero-order valence-electron chi connectivity index (χ0n) is 15.2. The minimum Gasteiger partial charge on any atom is -0.149 e. The van der Waals surface area contributed by atoms with E-state index in [9.17, 15) is 0 Å². The van der Waals surface area contributed by atoms with Crippen molar-refractivity contribution in [2.24, 2.45) is 10.8 Å². The largest absolute Gasteiger partial charge is 0.149 e. The summed E-state index contributed by atoms with van der Waals surface area (Å²) in [5, 5.41) is 2.17. The molecule has 2 rings (SSSR count). The minimum absolute atomic E-state index is 0.290. The molecule has 2 aromatic rings. The number of benzene rings is 1. The van der Waals surface area contributed by atoms with Crippen LogP contribution in [0.25, 0.3) is 6.08 Å². The van der Waals surface area contributed by atoms with Crippen molar-refractivity contribution in [2.45, 2.75) is 53.9 Å². The van der Waals surface area contributed by atoms with Gasteiger partial charge in [0.25, 0.3) is 0 Å². The summed E-state index contributed by atoms with van der Waals surface area (Å²) in [6.07, 6.45) is 7.94. The molecule has 1 aromatic heterocycles. The van der Waals surface area contributed by atoms with Crippen molar-refractivity contribution in [1.82, 2.24) is 0 Å². The van der Waals surface area contributed by atoms with Crippen LogP contribution in [-0.4, -0.2) is 0 Å². The summed E-state index contributed by atoms with van der Waals surface area (Å²) >= 11 is 1.87. The summed E-state index contributed by atoms with van der Waals surface area (Å²) in [6.45, 7) is 11.6. The lowest BCUT2D eigenvalue weighted by molar-refractivity contribution is 0.363. The molecule has 0 aliphatic carbocycles. The molecular weight excluding hydrogens is 296 g/mol. The number of thiophene rings is 1. The van der Waals surface area contributed by atoms with Gasteiger partial charge in [0.15, 0.2) is 0 Å². The zero-order chi connectivity index (χ0) is 16.9. The monoisotopic (exact) mass is 326 g/mol. The molecule has 124 valence electrons. The first-order valence-electron chi connectivity index (χ1n) is 8.51. The lowest BCUT2D eigenvalue weighted by Gasteiger charge is -2.24. The van der Waals surface area contributed by atoms with Gasteiger partial charge in [-0.2, -0.15) is 0 Å². The van der Waals surface area contributed by atoms with Crippen LogP contribution >= 0.6 is 11.3 Å². The first-order chi connectivity index (χ1) is 10.7. The molecule has 0 unspecified atom stereocenters. The van der Waals surface area contributed by atoms with Crippen LogP contribution in [0.15, 0.2) is 47.9 Å². The van der Waals surface area contributed by atoms with E-state index in [1.54, 1.807) is 0 Å². The van der Waals surface area contributed by atoms with E-state index < -0.39 is 0 Å². The zero-order valence-corrected chi connectivity index (χ0v) is 16.0. The van der Waals surface area contributed by atoms with E-state index in [2.05, 4.69) is 88.5 Å². The van der Waals surface area contributed by atoms with Crippen molar-refractivity contribution in [2.75, 3.05) is 0 Å². The average Bonchev–Trinajstić information content (AvgIpc) is 2.89. The average molecular weight is 327 g/mol. The van der Waals surface area contributed by atoms with Crippen LogP contribution in [0.3, 0.4) is 0 Å². The topological polar surface area (TPSA) is 0 Å². The van der Waals surface area contributed by atoms with Gasteiger partial charge in [-0.05, 0) is 52.7 Å². The Morgan fingerprint density at radius 1 is 0.957 bits per heavy atom. The fraction of sp³-hybridized carbons (Fsp3) is 0.455. The molecule has 0 spiro atoms. The van der Waals surface area contributed by atoms with Gasteiger partial charge in [0, 0.05) is 4.88 Å². The molecule has 0 bridgehead atoms. The van der Waals surface area contributed by atoms with Gasteiger partial charge in [-0.3, -0.25) is 0 Å². The molecule has 0 nitrogen and oxygen atoms in total. The van der Waals surface area contributed by atoms with Crippen LogP contribution in [0.2, 0.25) is 0 Å². The highest BCUT2D eigenvalue weighted by Crippen LogP contribution is 2.29. The molecule has 0 aliphatic heterocycles. The predicted octanol–water partition coefficient (Wildman–Crippen LogP) is 7.01. The maximum absolute atomic E-state index is 2.37. The van der Waals surface area contributed by atoms with Gasteiger partial charge in [-0.25, -0.2) is 0 Å². The van der Waals surface area contributed by atoms with E-state index in [0.717, 1.165) is 19.3 Å². The van der Waals surface area contributed by atoms with Gasteiger partial charge in [0.1, 0.15) is 0 Å². The Hall–Kier alpha value is -1.34. The fourth-order valence-electron chi connectivity index (χ4n) is 2.86. The Morgan fingerprint density at radius 2 is 1.74 bits per heavy atom. The lowest BCUT2D eigenvalue weighted by atomic mass is 9.82. The quantitative estimate of drug-likeness (QED) is 0.535. The lowest BCUT2D eigenvalue weighted by Crippen LogP contribution is -2.17. The van der Waals surface area contributed by atoms with Crippen LogP contribution in [0.1, 0.15) is 57.0 Å². The fourth-order valence-corrected chi connectivity index (χ4v) is 3.82. The molecule has 0 N–H and O–H groups in total. The van der Waals surface area contributed by atoms with Gasteiger partial charge in [-0.15, -0.1) is 11.3 Å². The first-order valence-corrected chi connectivity index (χ1v) is 9.39. The summed E-state index contributed by atoms with van der Waals surface area (Å²) in [5.74, 6) is 0. The van der Waals surface area contributed by atoms with Gasteiger partial charge in [-0.1, -0.05) is 77.1 Å². The van der Waals surface area contributed by atoms with Crippen molar-refractivity contribution < 1.29 is 0 Å². The highest BCUT2D eigenvalue weighted by Gasteiger charge is 2.19. The second-order valence-corrected chi connectivity index (χ2v) is 9.54. The summed E-state index contributed by atoms with van der Waals surface area (Å²) in [5.41, 5.74) is 3.40. The van der Waals surface area contributed by atoms with E-state index in [0.29, 0.717) is 10.8 Å². The molecule has 1 heterocycles. The highest BCUT2D eigenvalue weighted by molar-refractivity contribution is 7.09. The highest BCUT2D eigenvalue weighted by atomic mass is 32.1. The van der Waals surface area contributed by atoms with Crippen LogP contribution in [-0.2, 0) is 12.8 Å². The normalized spacial score (nSPS) is 12.9. The third-order valence-corrected chi connectivity index (χ3v) is 4.78. The van der Waals surface area contributed by atoms with Gasteiger partial charge in [0.05, 0.1) is 0 Å². The maximum atomic E-state index is 2.37. The summed E-state index contributed by atoms with van der Waals surface area (Å²) in [7, 11) is 0. The molecule has 1 heteroatoms. The number of allylic oxidation sites excluding steroid dienone is 1. The standard InChI is InChI=1S/C22H30S/c1-21(2,3)13-7-11-18-9-6-10-19(15-18)16-22(4,5)17-20-12-8-14-23-20/h6-12,14-15H,13,16-17H2,1-5H3/b11-7+. The molecule has 23 heavy (non-hydrogen) atoms. The van der Waals surface area contributed by atoms with Crippen LogP contribution in [0, 0.1) is 10.8 Å².